The molecule has 1 saturated heterocycles. The van der Waals surface area contributed by atoms with E-state index in [1.54, 1.807) is 0 Å². The molecule has 1 aliphatic heterocycles. The summed E-state index contributed by atoms with van der Waals surface area (Å²) in [5.41, 5.74) is 5.32. The highest BCUT2D eigenvalue weighted by Crippen LogP contribution is 2.34. The van der Waals surface area contributed by atoms with Crippen molar-refractivity contribution < 1.29 is 9.53 Å². The Morgan fingerprint density at radius 2 is 1.83 bits per heavy atom. The summed E-state index contributed by atoms with van der Waals surface area (Å²) < 4.78 is 5.50. The molecule has 1 fully saturated rings. The molecule has 30 heavy (non-hydrogen) atoms. The van der Waals surface area contributed by atoms with Crippen LogP contribution in [0.5, 0.6) is 5.75 Å². The van der Waals surface area contributed by atoms with E-state index in [0.717, 1.165) is 47.7 Å². The Hall–Kier alpha value is -3.14. The first-order chi connectivity index (χ1) is 14.6. The van der Waals surface area contributed by atoms with Crippen molar-refractivity contribution in [2.45, 2.75) is 39.2 Å². The normalized spacial score (nSPS) is 15.9. The molecule has 1 aliphatic rings. The summed E-state index contributed by atoms with van der Waals surface area (Å²) in [6, 6.07) is 22.5. The van der Waals surface area contributed by atoms with Gasteiger partial charge in [-0.25, -0.2) is 0 Å². The van der Waals surface area contributed by atoms with Gasteiger partial charge in [0.05, 0.1) is 24.8 Å². The second-order valence-corrected chi connectivity index (χ2v) is 7.79. The summed E-state index contributed by atoms with van der Waals surface area (Å²) in [4.78, 5) is 19.9. The predicted octanol–water partition coefficient (Wildman–Crippen LogP) is 5.36. The third kappa shape index (κ3) is 4.54. The molecule has 0 spiro atoms. The maximum atomic E-state index is 13.1. The Kier molecular flexibility index (Phi) is 6.12. The molecule has 1 aromatic heterocycles. The van der Waals surface area contributed by atoms with Crippen LogP contribution in [0.25, 0.3) is 11.1 Å². The van der Waals surface area contributed by atoms with Crippen molar-refractivity contribution in [3.8, 4) is 16.9 Å². The summed E-state index contributed by atoms with van der Waals surface area (Å²) >= 11 is 0. The molecule has 2 heterocycles. The van der Waals surface area contributed by atoms with Crippen LogP contribution < -0.4 is 4.74 Å². The second kappa shape index (κ2) is 9.12. The van der Waals surface area contributed by atoms with Gasteiger partial charge in [0, 0.05) is 12.2 Å². The summed E-state index contributed by atoms with van der Waals surface area (Å²) in [7, 11) is 0. The SMILES string of the molecule is CCOc1ccc(CC(=O)N2CCC[C@@H]2c2cc(-c3ccccc3)cc(C)n2)cc1. The number of carbonyl (C=O) groups is 1. The van der Waals surface area contributed by atoms with Crippen LogP contribution in [0, 0.1) is 6.92 Å². The zero-order valence-corrected chi connectivity index (χ0v) is 17.7. The van der Waals surface area contributed by atoms with Gasteiger partial charge in [0.25, 0.3) is 0 Å². The highest BCUT2D eigenvalue weighted by molar-refractivity contribution is 5.79. The van der Waals surface area contributed by atoms with Crippen molar-refractivity contribution in [1.29, 1.82) is 0 Å². The molecular formula is C26H28N2O2. The van der Waals surface area contributed by atoms with Crippen LogP contribution in [0.4, 0.5) is 0 Å². The van der Waals surface area contributed by atoms with Crippen molar-refractivity contribution in [3.63, 3.8) is 0 Å². The number of carbonyl (C=O) groups excluding carboxylic acids is 1. The summed E-state index contributed by atoms with van der Waals surface area (Å²) in [5.74, 6) is 0.997. The van der Waals surface area contributed by atoms with Crippen LogP contribution >= 0.6 is 0 Å². The smallest absolute Gasteiger partial charge is 0.227 e. The number of hydrogen-bond donors (Lipinski definition) is 0. The van der Waals surface area contributed by atoms with Gasteiger partial charge < -0.3 is 9.64 Å². The summed E-state index contributed by atoms with van der Waals surface area (Å²) in [5, 5.41) is 0. The zero-order valence-electron chi connectivity index (χ0n) is 17.7. The molecular weight excluding hydrogens is 372 g/mol. The third-order valence-corrected chi connectivity index (χ3v) is 5.58. The van der Waals surface area contributed by atoms with Gasteiger partial charge in [0.15, 0.2) is 0 Å². The molecule has 0 saturated carbocycles. The van der Waals surface area contributed by atoms with E-state index >= 15 is 0 Å². The Morgan fingerprint density at radius 3 is 2.57 bits per heavy atom. The van der Waals surface area contributed by atoms with Gasteiger partial charge in [-0.2, -0.15) is 0 Å². The molecule has 0 N–H and O–H groups in total. The largest absolute Gasteiger partial charge is 0.494 e. The van der Waals surface area contributed by atoms with E-state index in [1.165, 1.54) is 5.56 Å². The van der Waals surface area contributed by atoms with Gasteiger partial charge in [-0.1, -0.05) is 42.5 Å². The van der Waals surface area contributed by atoms with E-state index in [-0.39, 0.29) is 11.9 Å². The molecule has 0 unspecified atom stereocenters. The van der Waals surface area contributed by atoms with Gasteiger partial charge in [0.1, 0.15) is 5.75 Å². The van der Waals surface area contributed by atoms with Crippen molar-refractivity contribution >= 4 is 5.91 Å². The Morgan fingerprint density at radius 1 is 1.07 bits per heavy atom. The predicted molar refractivity (Wildman–Crippen MR) is 119 cm³/mol. The number of rotatable bonds is 6. The lowest BCUT2D eigenvalue weighted by Crippen LogP contribution is -2.32. The Bertz CT molecular complexity index is 999. The Labute approximate surface area is 178 Å². The molecule has 0 radical (unpaired) electrons. The summed E-state index contributed by atoms with van der Waals surface area (Å²) in [6.07, 6.45) is 2.37. The molecule has 154 valence electrons. The number of pyridine rings is 1. The number of aryl methyl sites for hydroxylation is 1. The minimum absolute atomic E-state index is 0.0440. The van der Waals surface area contributed by atoms with E-state index < -0.39 is 0 Å². The number of nitrogens with zero attached hydrogens (tertiary/aromatic N) is 2. The van der Waals surface area contributed by atoms with Gasteiger partial charge in [-0.05, 0) is 67.6 Å². The molecule has 2 aromatic carbocycles. The standard InChI is InChI=1S/C26H28N2O2/c1-3-30-23-13-11-20(12-14-23)17-26(29)28-15-7-10-25(28)24-18-22(16-19(2)27-24)21-8-5-4-6-9-21/h4-6,8-9,11-14,16,18,25H,3,7,10,15,17H2,1-2H3/t25-/m1/s1. The average molecular weight is 401 g/mol. The fraction of sp³-hybridized carbons (Fsp3) is 0.308. The zero-order chi connectivity index (χ0) is 20.9. The van der Waals surface area contributed by atoms with Crippen LogP contribution in [-0.2, 0) is 11.2 Å². The van der Waals surface area contributed by atoms with Crippen molar-refractivity contribution in [2.24, 2.45) is 0 Å². The van der Waals surface area contributed by atoms with Gasteiger partial charge >= 0.3 is 0 Å². The van der Waals surface area contributed by atoms with E-state index in [2.05, 4.69) is 24.3 Å². The molecule has 0 aliphatic carbocycles. The fourth-order valence-corrected chi connectivity index (χ4v) is 4.18. The first-order valence-corrected chi connectivity index (χ1v) is 10.7. The molecule has 0 bridgehead atoms. The minimum Gasteiger partial charge on any atom is -0.494 e. The number of hydrogen-bond acceptors (Lipinski definition) is 3. The third-order valence-electron chi connectivity index (χ3n) is 5.58. The van der Waals surface area contributed by atoms with Gasteiger partial charge in [-0.15, -0.1) is 0 Å². The molecule has 1 amide bonds. The van der Waals surface area contributed by atoms with Crippen LogP contribution in [-0.4, -0.2) is 28.9 Å². The minimum atomic E-state index is 0.0440. The first kappa shape index (κ1) is 20.1. The number of likely N-dealkylation sites (tertiary alicyclic amines) is 1. The lowest BCUT2D eigenvalue weighted by molar-refractivity contribution is -0.131. The van der Waals surface area contributed by atoms with Gasteiger partial charge in [0.2, 0.25) is 5.91 Å². The van der Waals surface area contributed by atoms with E-state index in [9.17, 15) is 4.79 Å². The van der Waals surface area contributed by atoms with E-state index in [0.29, 0.717) is 13.0 Å². The number of ether oxygens (including phenoxy) is 1. The Balaban J connectivity index is 1.53. The topological polar surface area (TPSA) is 42.4 Å². The van der Waals surface area contributed by atoms with Crippen molar-refractivity contribution in [2.75, 3.05) is 13.2 Å². The highest BCUT2D eigenvalue weighted by atomic mass is 16.5. The van der Waals surface area contributed by atoms with Crippen LogP contribution in [0.15, 0.2) is 66.7 Å². The number of amides is 1. The second-order valence-electron chi connectivity index (χ2n) is 7.79. The first-order valence-electron chi connectivity index (χ1n) is 10.7. The lowest BCUT2D eigenvalue weighted by atomic mass is 10.0. The van der Waals surface area contributed by atoms with Gasteiger partial charge in [-0.3, -0.25) is 9.78 Å². The van der Waals surface area contributed by atoms with Crippen LogP contribution in [0.2, 0.25) is 0 Å². The van der Waals surface area contributed by atoms with E-state index in [1.807, 2.05) is 61.2 Å². The maximum absolute atomic E-state index is 13.1. The van der Waals surface area contributed by atoms with Crippen molar-refractivity contribution in [3.05, 3.63) is 83.7 Å². The average Bonchev–Trinajstić information content (AvgIpc) is 3.26. The van der Waals surface area contributed by atoms with Crippen molar-refractivity contribution in [1.82, 2.24) is 9.88 Å². The maximum Gasteiger partial charge on any atom is 0.227 e. The molecule has 4 nitrogen and oxygen atoms in total. The molecule has 3 aromatic rings. The monoisotopic (exact) mass is 400 g/mol. The number of aromatic nitrogens is 1. The lowest BCUT2D eigenvalue weighted by Gasteiger charge is -2.25. The molecule has 4 rings (SSSR count). The van der Waals surface area contributed by atoms with E-state index in [4.69, 9.17) is 9.72 Å². The van der Waals surface area contributed by atoms with Crippen LogP contribution in [0.3, 0.4) is 0 Å². The molecule has 1 atom stereocenters. The molecule has 4 heteroatoms. The fourth-order valence-electron chi connectivity index (χ4n) is 4.18. The quantitative estimate of drug-likeness (QED) is 0.559. The highest BCUT2D eigenvalue weighted by Gasteiger charge is 2.31. The van der Waals surface area contributed by atoms with Crippen LogP contribution in [0.1, 0.15) is 42.8 Å². The summed E-state index contributed by atoms with van der Waals surface area (Å²) in [6.45, 7) is 5.42. The number of benzene rings is 2.